The van der Waals surface area contributed by atoms with E-state index in [9.17, 15) is 19.2 Å². The van der Waals surface area contributed by atoms with Crippen LogP contribution in [-0.2, 0) is 30.3 Å². The van der Waals surface area contributed by atoms with Gasteiger partial charge in [0.25, 0.3) is 0 Å². The van der Waals surface area contributed by atoms with Crippen LogP contribution in [0.1, 0.15) is 112 Å². The number of alkyl carbamates (subject to hydrolysis) is 1. The van der Waals surface area contributed by atoms with Crippen molar-refractivity contribution in [3.05, 3.63) is 35.9 Å². The van der Waals surface area contributed by atoms with Gasteiger partial charge in [-0.25, -0.2) is 4.79 Å². The molecule has 0 radical (unpaired) electrons. The summed E-state index contributed by atoms with van der Waals surface area (Å²) in [4.78, 5) is 52.5. The molecule has 3 N–H and O–H groups in total. The average molecular weight is 630 g/mol. The van der Waals surface area contributed by atoms with Gasteiger partial charge in [0.05, 0.1) is 12.1 Å². The number of amides is 3. The minimum absolute atomic E-state index is 0.0118. The molecule has 0 aromatic heterocycles. The Morgan fingerprint density at radius 2 is 1.60 bits per heavy atom. The Bertz CT molecular complexity index is 1060. The summed E-state index contributed by atoms with van der Waals surface area (Å²) in [5.74, 6) is -1.66. The lowest BCUT2D eigenvalue weighted by atomic mass is 9.81. The summed E-state index contributed by atoms with van der Waals surface area (Å²) in [6, 6.07) is 8.98. The monoisotopic (exact) mass is 629 g/mol. The van der Waals surface area contributed by atoms with Crippen LogP contribution in [0, 0.1) is 23.7 Å². The van der Waals surface area contributed by atoms with E-state index >= 15 is 0 Å². The maximum absolute atomic E-state index is 13.7. The van der Waals surface area contributed by atoms with Crippen LogP contribution in [0.3, 0.4) is 0 Å². The third kappa shape index (κ3) is 14.4. The molecule has 1 saturated carbocycles. The lowest BCUT2D eigenvalue weighted by molar-refractivity contribution is -0.151. The SMILES string of the molecule is CC[C@H](C)[C@H](NCCc1ccccc1)C(=O)NC(=O)[C@@H](C[C@H](OC(C)=O)[C@H](CC1CCCCC1)NC(=O)OC(C)(C)C)C(C)C. The number of carbonyl (C=O) groups is 4. The van der Waals surface area contributed by atoms with E-state index in [2.05, 4.69) is 28.1 Å². The van der Waals surface area contributed by atoms with Crippen LogP contribution < -0.4 is 16.0 Å². The second-order valence-electron chi connectivity index (χ2n) is 14.1. The molecule has 1 aliphatic rings. The van der Waals surface area contributed by atoms with E-state index < -0.39 is 47.7 Å². The van der Waals surface area contributed by atoms with Crippen molar-refractivity contribution < 1.29 is 28.7 Å². The predicted molar refractivity (Wildman–Crippen MR) is 177 cm³/mol. The highest BCUT2D eigenvalue weighted by molar-refractivity contribution is 5.99. The van der Waals surface area contributed by atoms with E-state index in [4.69, 9.17) is 9.47 Å². The summed E-state index contributed by atoms with van der Waals surface area (Å²) in [5, 5.41) is 9.03. The number of benzene rings is 1. The maximum atomic E-state index is 13.7. The third-order valence-electron chi connectivity index (χ3n) is 8.77. The fraction of sp³-hybridized carbons (Fsp3) is 0.722. The Morgan fingerprint density at radius 3 is 2.16 bits per heavy atom. The highest BCUT2D eigenvalue weighted by Gasteiger charge is 2.37. The van der Waals surface area contributed by atoms with Crippen molar-refractivity contribution in [2.75, 3.05) is 6.54 Å². The van der Waals surface area contributed by atoms with Crippen molar-refractivity contribution >= 4 is 23.9 Å². The first kappa shape index (κ1) is 38.2. The lowest BCUT2D eigenvalue weighted by Gasteiger charge is -2.35. The first-order chi connectivity index (χ1) is 21.2. The molecule has 0 heterocycles. The molecule has 0 unspecified atom stereocenters. The van der Waals surface area contributed by atoms with Crippen LogP contribution in [0.4, 0.5) is 4.79 Å². The minimum atomic E-state index is -0.764. The molecule has 1 fully saturated rings. The van der Waals surface area contributed by atoms with Gasteiger partial charge in [-0.2, -0.15) is 0 Å². The quantitative estimate of drug-likeness (QED) is 0.183. The first-order valence-electron chi connectivity index (χ1n) is 17.0. The van der Waals surface area contributed by atoms with Crippen LogP contribution in [0.25, 0.3) is 0 Å². The molecule has 3 amide bonds. The molecule has 9 heteroatoms. The second-order valence-corrected chi connectivity index (χ2v) is 14.1. The topological polar surface area (TPSA) is 123 Å². The van der Waals surface area contributed by atoms with Gasteiger partial charge in [0.2, 0.25) is 11.8 Å². The Labute approximate surface area is 271 Å². The molecule has 45 heavy (non-hydrogen) atoms. The molecule has 0 bridgehead atoms. The Balaban J connectivity index is 2.22. The highest BCUT2D eigenvalue weighted by atomic mass is 16.6. The molecule has 0 aliphatic heterocycles. The molecular weight excluding hydrogens is 570 g/mol. The summed E-state index contributed by atoms with van der Waals surface area (Å²) in [6.07, 6.45) is 6.48. The van der Waals surface area contributed by atoms with Gasteiger partial charge in [-0.05, 0) is 69.9 Å². The fourth-order valence-corrected chi connectivity index (χ4v) is 6.08. The molecule has 0 spiro atoms. The fourth-order valence-electron chi connectivity index (χ4n) is 6.08. The van der Waals surface area contributed by atoms with Crippen molar-refractivity contribution in [2.45, 2.75) is 137 Å². The number of esters is 1. The van der Waals surface area contributed by atoms with Gasteiger partial charge in [0.1, 0.15) is 11.7 Å². The van der Waals surface area contributed by atoms with Gasteiger partial charge in [0, 0.05) is 12.8 Å². The van der Waals surface area contributed by atoms with Crippen molar-refractivity contribution in [3.63, 3.8) is 0 Å². The number of nitrogens with one attached hydrogen (secondary N) is 3. The molecule has 2 rings (SSSR count). The van der Waals surface area contributed by atoms with Crippen LogP contribution >= 0.6 is 0 Å². The zero-order valence-electron chi connectivity index (χ0n) is 28.9. The van der Waals surface area contributed by atoms with Crippen molar-refractivity contribution in [3.8, 4) is 0 Å². The summed E-state index contributed by atoms with van der Waals surface area (Å²) < 4.78 is 11.4. The average Bonchev–Trinajstić information content (AvgIpc) is 2.96. The van der Waals surface area contributed by atoms with Gasteiger partial charge in [-0.15, -0.1) is 0 Å². The number of hydrogen-bond donors (Lipinski definition) is 3. The third-order valence-corrected chi connectivity index (χ3v) is 8.77. The van der Waals surface area contributed by atoms with E-state index in [1.165, 1.54) is 18.9 Å². The van der Waals surface area contributed by atoms with Crippen LogP contribution in [-0.4, -0.2) is 54.2 Å². The Morgan fingerprint density at radius 1 is 0.956 bits per heavy atom. The molecule has 9 nitrogen and oxygen atoms in total. The van der Waals surface area contributed by atoms with Gasteiger partial charge in [0.15, 0.2) is 0 Å². The van der Waals surface area contributed by atoms with Crippen LogP contribution in [0.2, 0.25) is 0 Å². The second kappa shape index (κ2) is 18.9. The number of hydrogen-bond acceptors (Lipinski definition) is 7. The highest BCUT2D eigenvalue weighted by Crippen LogP contribution is 2.31. The summed E-state index contributed by atoms with van der Waals surface area (Å²) >= 11 is 0. The zero-order valence-corrected chi connectivity index (χ0v) is 28.9. The van der Waals surface area contributed by atoms with E-state index in [-0.39, 0.29) is 24.2 Å². The molecule has 0 saturated heterocycles. The molecular formula is C36H59N3O6. The van der Waals surface area contributed by atoms with Gasteiger partial charge in [-0.3, -0.25) is 19.7 Å². The molecule has 254 valence electrons. The van der Waals surface area contributed by atoms with Crippen molar-refractivity contribution in [1.29, 1.82) is 0 Å². The van der Waals surface area contributed by atoms with E-state index in [0.717, 1.165) is 38.5 Å². The van der Waals surface area contributed by atoms with Crippen molar-refractivity contribution in [1.82, 2.24) is 16.0 Å². The van der Waals surface area contributed by atoms with Crippen LogP contribution in [0.15, 0.2) is 30.3 Å². The maximum Gasteiger partial charge on any atom is 0.408 e. The smallest absolute Gasteiger partial charge is 0.408 e. The number of rotatable bonds is 16. The Kier molecular flexibility index (Phi) is 16.1. The molecule has 5 atom stereocenters. The normalized spacial score (nSPS) is 17.4. The summed E-state index contributed by atoms with van der Waals surface area (Å²) in [5.41, 5.74) is 0.474. The molecule has 1 aliphatic carbocycles. The minimum Gasteiger partial charge on any atom is -0.460 e. The van der Waals surface area contributed by atoms with Crippen LogP contribution in [0.5, 0.6) is 0 Å². The largest absolute Gasteiger partial charge is 0.460 e. The summed E-state index contributed by atoms with van der Waals surface area (Å²) in [6.45, 7) is 15.2. The summed E-state index contributed by atoms with van der Waals surface area (Å²) in [7, 11) is 0. The zero-order chi connectivity index (χ0) is 33.6. The number of carbonyl (C=O) groups excluding carboxylic acids is 4. The molecule has 1 aromatic carbocycles. The number of imide groups is 1. The van der Waals surface area contributed by atoms with E-state index in [1.807, 2.05) is 45.9 Å². The van der Waals surface area contributed by atoms with Gasteiger partial charge in [-0.1, -0.05) is 96.6 Å². The van der Waals surface area contributed by atoms with Gasteiger partial charge >= 0.3 is 12.1 Å². The van der Waals surface area contributed by atoms with Crippen molar-refractivity contribution in [2.24, 2.45) is 23.7 Å². The standard InChI is InChI=1S/C36H59N3O6/c1-9-25(4)32(37-21-20-27-16-12-10-13-17-27)34(42)39-33(41)29(24(2)3)23-31(44-26(5)40)30(22-28-18-14-11-15-19-28)38-35(43)45-36(6,7)8/h10,12-13,16-17,24-25,28-32,37H,9,11,14-15,18-23H2,1-8H3,(H,38,43)(H,39,41,42)/t25-,29-,30-,31-,32-/m0/s1. The van der Waals surface area contributed by atoms with Gasteiger partial charge < -0.3 is 20.1 Å². The van der Waals surface area contributed by atoms with E-state index in [1.54, 1.807) is 20.8 Å². The Hall–Kier alpha value is -2.94. The first-order valence-corrected chi connectivity index (χ1v) is 17.0. The molecule has 1 aromatic rings. The lowest BCUT2D eigenvalue weighted by Crippen LogP contribution is -2.53. The van der Waals surface area contributed by atoms with E-state index in [0.29, 0.717) is 18.9 Å². The number of ether oxygens (including phenoxy) is 2. The predicted octanol–water partition coefficient (Wildman–Crippen LogP) is 6.33.